The molecule has 2 aliphatic rings. The Hall–Kier alpha value is -0.650. The van der Waals surface area contributed by atoms with E-state index in [2.05, 4.69) is 10.2 Å². The second kappa shape index (κ2) is 6.20. The summed E-state index contributed by atoms with van der Waals surface area (Å²) in [7, 11) is 2.03. The first-order valence-corrected chi connectivity index (χ1v) is 7.28. The highest BCUT2D eigenvalue weighted by Gasteiger charge is 2.41. The molecule has 1 aliphatic heterocycles. The summed E-state index contributed by atoms with van der Waals surface area (Å²) in [6.45, 7) is 5.88. The van der Waals surface area contributed by atoms with Crippen molar-refractivity contribution in [3.8, 4) is 0 Å². The minimum Gasteiger partial charge on any atom is -0.353 e. The molecule has 5 heteroatoms. The molecule has 1 N–H and O–H groups in total. The van der Waals surface area contributed by atoms with Crippen molar-refractivity contribution in [3.63, 3.8) is 0 Å². The minimum atomic E-state index is -0.308. The molecule has 1 saturated carbocycles. The number of ether oxygens (including phenoxy) is 2. The number of nitrogens with one attached hydrogen (secondary N) is 1. The molecule has 0 unspecified atom stereocenters. The summed E-state index contributed by atoms with van der Waals surface area (Å²) in [6, 6.07) is 0.659. The maximum absolute atomic E-state index is 11.8. The first-order chi connectivity index (χ1) is 9.01. The largest absolute Gasteiger partial charge is 0.353 e. The van der Waals surface area contributed by atoms with Gasteiger partial charge in [-0.3, -0.25) is 9.69 Å². The fourth-order valence-electron chi connectivity index (χ4n) is 2.99. The van der Waals surface area contributed by atoms with E-state index in [4.69, 9.17) is 9.47 Å². The highest BCUT2D eigenvalue weighted by molar-refractivity contribution is 5.78. The third kappa shape index (κ3) is 3.91. The number of amides is 1. The van der Waals surface area contributed by atoms with Gasteiger partial charge in [0.15, 0.2) is 5.79 Å². The lowest BCUT2D eigenvalue weighted by Crippen LogP contribution is -2.46. The van der Waals surface area contributed by atoms with Crippen LogP contribution in [0.15, 0.2) is 0 Å². The Bertz CT molecular complexity index is 304. The third-order valence-corrected chi connectivity index (χ3v) is 4.00. The average molecular weight is 270 g/mol. The SMILES string of the molecule is CC(C)NC(=O)CN(C)C1CCC2(CC1)OCCO2. The third-order valence-electron chi connectivity index (χ3n) is 4.00. The predicted molar refractivity (Wildman–Crippen MR) is 72.8 cm³/mol. The predicted octanol–water partition coefficient (Wildman–Crippen LogP) is 1.13. The van der Waals surface area contributed by atoms with Crippen LogP contribution in [0, 0.1) is 0 Å². The number of carbonyl (C=O) groups excluding carboxylic acids is 1. The van der Waals surface area contributed by atoms with Gasteiger partial charge in [0.05, 0.1) is 19.8 Å². The second-order valence-electron chi connectivity index (χ2n) is 5.98. The van der Waals surface area contributed by atoms with Crippen molar-refractivity contribution in [2.45, 2.75) is 57.4 Å². The van der Waals surface area contributed by atoms with Crippen molar-refractivity contribution >= 4 is 5.91 Å². The number of likely N-dealkylation sites (N-methyl/N-ethyl adjacent to an activating group) is 1. The number of rotatable bonds is 4. The van der Waals surface area contributed by atoms with Gasteiger partial charge in [0.2, 0.25) is 5.91 Å². The fourth-order valence-corrected chi connectivity index (χ4v) is 2.99. The highest BCUT2D eigenvalue weighted by Crippen LogP contribution is 2.36. The van der Waals surface area contributed by atoms with E-state index in [9.17, 15) is 4.79 Å². The van der Waals surface area contributed by atoms with Gasteiger partial charge in [0.25, 0.3) is 0 Å². The minimum absolute atomic E-state index is 0.103. The zero-order valence-corrected chi connectivity index (χ0v) is 12.3. The standard InChI is InChI=1S/C14H26N2O3/c1-11(2)15-13(17)10-16(3)12-4-6-14(7-5-12)18-8-9-19-14/h11-12H,4-10H2,1-3H3,(H,15,17). The molecular formula is C14H26N2O3. The van der Waals surface area contributed by atoms with Gasteiger partial charge in [-0.25, -0.2) is 0 Å². The molecule has 2 fully saturated rings. The van der Waals surface area contributed by atoms with Crippen LogP contribution < -0.4 is 5.32 Å². The van der Waals surface area contributed by atoms with Crippen LogP contribution in [0.5, 0.6) is 0 Å². The summed E-state index contributed by atoms with van der Waals surface area (Å²) >= 11 is 0. The van der Waals surface area contributed by atoms with E-state index in [0.717, 1.165) is 38.9 Å². The Morgan fingerprint density at radius 3 is 2.42 bits per heavy atom. The topological polar surface area (TPSA) is 50.8 Å². The van der Waals surface area contributed by atoms with Crippen LogP contribution in [-0.4, -0.2) is 55.5 Å². The Kier molecular flexibility index (Phi) is 4.81. The number of nitrogens with zero attached hydrogens (tertiary/aromatic N) is 1. The number of hydrogen-bond donors (Lipinski definition) is 1. The van der Waals surface area contributed by atoms with Crippen LogP contribution in [0.3, 0.4) is 0 Å². The number of carbonyl (C=O) groups is 1. The van der Waals surface area contributed by atoms with E-state index in [1.54, 1.807) is 0 Å². The van der Waals surface area contributed by atoms with E-state index in [1.165, 1.54) is 0 Å². The van der Waals surface area contributed by atoms with Crippen molar-refractivity contribution in [1.82, 2.24) is 10.2 Å². The molecule has 110 valence electrons. The maximum Gasteiger partial charge on any atom is 0.234 e. The first-order valence-electron chi connectivity index (χ1n) is 7.28. The summed E-state index contributed by atoms with van der Waals surface area (Å²) in [6.07, 6.45) is 3.94. The van der Waals surface area contributed by atoms with Crippen molar-refractivity contribution in [1.29, 1.82) is 0 Å². The summed E-state index contributed by atoms with van der Waals surface area (Å²) in [5.41, 5.74) is 0. The molecule has 0 aromatic rings. The van der Waals surface area contributed by atoms with Crippen LogP contribution in [0.4, 0.5) is 0 Å². The molecule has 19 heavy (non-hydrogen) atoms. The fraction of sp³-hybridized carbons (Fsp3) is 0.929. The lowest BCUT2D eigenvalue weighted by Gasteiger charge is -2.38. The smallest absolute Gasteiger partial charge is 0.234 e. The first kappa shape index (κ1) is 14.8. The second-order valence-corrected chi connectivity index (χ2v) is 5.98. The lowest BCUT2D eigenvalue weighted by atomic mass is 9.89. The van der Waals surface area contributed by atoms with Crippen molar-refractivity contribution in [2.24, 2.45) is 0 Å². The van der Waals surface area contributed by atoms with Crippen molar-refractivity contribution < 1.29 is 14.3 Å². The van der Waals surface area contributed by atoms with E-state index < -0.39 is 0 Å². The van der Waals surface area contributed by atoms with Gasteiger partial charge in [-0.1, -0.05) is 0 Å². The van der Waals surface area contributed by atoms with Crippen LogP contribution in [0.2, 0.25) is 0 Å². The molecule has 0 aromatic carbocycles. The van der Waals surface area contributed by atoms with Gasteiger partial charge in [-0.05, 0) is 33.7 Å². The molecule has 1 saturated heterocycles. The van der Waals surface area contributed by atoms with Crippen molar-refractivity contribution in [2.75, 3.05) is 26.8 Å². The monoisotopic (exact) mass is 270 g/mol. The summed E-state index contributed by atoms with van der Waals surface area (Å²) in [4.78, 5) is 13.9. The normalized spacial score (nSPS) is 23.4. The average Bonchev–Trinajstić information content (AvgIpc) is 2.77. The Balaban J connectivity index is 1.75. The molecular weight excluding hydrogens is 244 g/mol. The number of hydrogen-bond acceptors (Lipinski definition) is 4. The van der Waals surface area contributed by atoms with Gasteiger partial charge >= 0.3 is 0 Å². The van der Waals surface area contributed by atoms with Crippen LogP contribution in [-0.2, 0) is 14.3 Å². The van der Waals surface area contributed by atoms with E-state index in [-0.39, 0.29) is 17.7 Å². The molecule has 0 radical (unpaired) electrons. The summed E-state index contributed by atoms with van der Waals surface area (Å²) < 4.78 is 11.4. The van der Waals surface area contributed by atoms with Crippen LogP contribution >= 0.6 is 0 Å². The molecule has 0 aromatic heterocycles. The molecule has 1 aliphatic carbocycles. The van der Waals surface area contributed by atoms with E-state index in [0.29, 0.717) is 12.6 Å². The quantitative estimate of drug-likeness (QED) is 0.832. The van der Waals surface area contributed by atoms with E-state index >= 15 is 0 Å². The Morgan fingerprint density at radius 1 is 1.32 bits per heavy atom. The Labute approximate surface area is 115 Å². The van der Waals surface area contributed by atoms with Gasteiger partial charge in [0, 0.05) is 24.9 Å². The zero-order chi connectivity index (χ0) is 13.9. The van der Waals surface area contributed by atoms with Crippen LogP contribution in [0.25, 0.3) is 0 Å². The molecule has 0 bridgehead atoms. The molecule has 1 amide bonds. The molecule has 2 rings (SSSR count). The Morgan fingerprint density at radius 2 is 1.89 bits per heavy atom. The van der Waals surface area contributed by atoms with Gasteiger partial charge in [-0.2, -0.15) is 0 Å². The lowest BCUT2D eigenvalue weighted by molar-refractivity contribution is -0.183. The molecule has 1 spiro atoms. The molecule has 1 heterocycles. The van der Waals surface area contributed by atoms with Gasteiger partial charge in [0.1, 0.15) is 0 Å². The van der Waals surface area contributed by atoms with E-state index in [1.807, 2.05) is 20.9 Å². The maximum atomic E-state index is 11.8. The van der Waals surface area contributed by atoms with Gasteiger partial charge < -0.3 is 14.8 Å². The summed E-state index contributed by atoms with van der Waals surface area (Å²) in [5.74, 6) is -0.205. The zero-order valence-electron chi connectivity index (χ0n) is 12.3. The van der Waals surface area contributed by atoms with Crippen molar-refractivity contribution in [3.05, 3.63) is 0 Å². The highest BCUT2D eigenvalue weighted by atomic mass is 16.7. The molecule has 5 nitrogen and oxygen atoms in total. The summed E-state index contributed by atoms with van der Waals surface area (Å²) in [5, 5.41) is 2.93. The van der Waals surface area contributed by atoms with Crippen LogP contribution in [0.1, 0.15) is 39.5 Å². The van der Waals surface area contributed by atoms with Gasteiger partial charge in [-0.15, -0.1) is 0 Å². The molecule has 0 atom stereocenters.